The minimum Gasteiger partial charge on any atom is -0.381 e. The van der Waals surface area contributed by atoms with E-state index in [1.165, 1.54) is 32.1 Å². The number of nitrogens with one attached hydrogen (secondary N) is 1. The highest BCUT2D eigenvalue weighted by atomic mass is 16.5. The van der Waals surface area contributed by atoms with Crippen molar-refractivity contribution in [2.75, 3.05) is 33.0 Å². The van der Waals surface area contributed by atoms with Gasteiger partial charge < -0.3 is 14.8 Å². The number of hydrogen-bond donors (Lipinski definition) is 1. The third-order valence-corrected chi connectivity index (χ3v) is 4.60. The van der Waals surface area contributed by atoms with Crippen LogP contribution in [0.1, 0.15) is 51.9 Å². The molecule has 1 unspecified atom stereocenters. The average Bonchev–Trinajstić information content (AvgIpc) is 2.77. The molecule has 1 saturated carbocycles. The Labute approximate surface area is 112 Å². The molecule has 0 amide bonds. The van der Waals surface area contributed by atoms with E-state index >= 15 is 0 Å². The molecule has 1 spiro atoms. The van der Waals surface area contributed by atoms with Crippen molar-refractivity contribution < 1.29 is 9.47 Å². The third-order valence-electron chi connectivity index (χ3n) is 4.60. The molecule has 0 aromatic carbocycles. The average molecular weight is 255 g/mol. The minimum absolute atomic E-state index is 0.558. The van der Waals surface area contributed by atoms with Crippen molar-refractivity contribution in [1.82, 2.24) is 5.32 Å². The summed E-state index contributed by atoms with van der Waals surface area (Å²) in [4.78, 5) is 0. The van der Waals surface area contributed by atoms with Crippen molar-refractivity contribution in [2.24, 2.45) is 5.41 Å². The van der Waals surface area contributed by atoms with Crippen molar-refractivity contribution in [1.29, 1.82) is 0 Å². The Hall–Kier alpha value is -0.120. The Morgan fingerprint density at radius 1 is 1.22 bits per heavy atom. The van der Waals surface area contributed by atoms with E-state index < -0.39 is 0 Å². The Bertz CT molecular complexity index is 227. The zero-order valence-corrected chi connectivity index (χ0v) is 11.9. The van der Waals surface area contributed by atoms with Gasteiger partial charge in [-0.3, -0.25) is 0 Å². The molecule has 1 N–H and O–H groups in total. The van der Waals surface area contributed by atoms with E-state index in [-0.39, 0.29) is 0 Å². The van der Waals surface area contributed by atoms with E-state index in [9.17, 15) is 0 Å². The van der Waals surface area contributed by atoms with Gasteiger partial charge in [0.1, 0.15) is 0 Å². The van der Waals surface area contributed by atoms with Crippen LogP contribution in [0.4, 0.5) is 0 Å². The largest absolute Gasteiger partial charge is 0.381 e. The second-order valence-electron chi connectivity index (χ2n) is 5.84. The second kappa shape index (κ2) is 7.46. The van der Waals surface area contributed by atoms with Crippen LogP contribution in [0.25, 0.3) is 0 Å². The topological polar surface area (TPSA) is 30.5 Å². The van der Waals surface area contributed by atoms with Crippen LogP contribution >= 0.6 is 0 Å². The molecule has 0 bridgehead atoms. The fraction of sp³-hybridized carbons (Fsp3) is 1.00. The summed E-state index contributed by atoms with van der Waals surface area (Å²) in [5.74, 6) is 0. The van der Waals surface area contributed by atoms with E-state index in [0.29, 0.717) is 5.41 Å². The predicted molar refractivity (Wildman–Crippen MR) is 73.9 cm³/mol. The molecular formula is C15H29NO2. The summed E-state index contributed by atoms with van der Waals surface area (Å²) in [6, 6.07) is 0.729. The van der Waals surface area contributed by atoms with Crippen LogP contribution in [0.3, 0.4) is 0 Å². The van der Waals surface area contributed by atoms with E-state index in [1.54, 1.807) is 0 Å². The van der Waals surface area contributed by atoms with Gasteiger partial charge in [-0.2, -0.15) is 0 Å². The lowest BCUT2D eigenvalue weighted by Crippen LogP contribution is -2.45. The van der Waals surface area contributed by atoms with Crippen LogP contribution in [0, 0.1) is 5.41 Å². The van der Waals surface area contributed by atoms with Crippen LogP contribution < -0.4 is 5.32 Å². The van der Waals surface area contributed by atoms with E-state index in [1.807, 2.05) is 0 Å². The maximum Gasteiger partial charge on any atom is 0.0478 e. The monoisotopic (exact) mass is 255 g/mol. The van der Waals surface area contributed by atoms with Crippen molar-refractivity contribution in [3.05, 3.63) is 0 Å². The molecular weight excluding hydrogens is 226 g/mol. The van der Waals surface area contributed by atoms with Gasteiger partial charge in [0.15, 0.2) is 0 Å². The molecule has 1 aliphatic carbocycles. The first-order chi connectivity index (χ1) is 8.87. The first-order valence-corrected chi connectivity index (χ1v) is 7.76. The van der Waals surface area contributed by atoms with Gasteiger partial charge in [-0.25, -0.2) is 0 Å². The highest BCUT2D eigenvalue weighted by Crippen LogP contribution is 2.45. The first kappa shape index (κ1) is 14.3. The minimum atomic E-state index is 0.558. The molecule has 2 aliphatic rings. The van der Waals surface area contributed by atoms with E-state index in [0.717, 1.165) is 51.9 Å². The summed E-state index contributed by atoms with van der Waals surface area (Å²) < 4.78 is 11.1. The fourth-order valence-corrected chi connectivity index (χ4v) is 3.53. The van der Waals surface area contributed by atoms with Gasteiger partial charge in [-0.1, -0.05) is 13.3 Å². The quantitative estimate of drug-likeness (QED) is 0.710. The van der Waals surface area contributed by atoms with Crippen molar-refractivity contribution in [3.63, 3.8) is 0 Å². The highest BCUT2D eigenvalue weighted by molar-refractivity contribution is 4.97. The molecule has 1 saturated heterocycles. The summed E-state index contributed by atoms with van der Waals surface area (Å²) in [7, 11) is 0. The van der Waals surface area contributed by atoms with Gasteiger partial charge in [-0.05, 0) is 50.5 Å². The molecule has 0 radical (unpaired) electrons. The predicted octanol–water partition coefficient (Wildman–Crippen LogP) is 2.74. The summed E-state index contributed by atoms with van der Waals surface area (Å²) in [5, 5.41) is 3.78. The molecule has 3 heteroatoms. The molecule has 1 atom stereocenters. The standard InChI is InChI=1S/C15H29NO2/c1-2-10-17-11-4-9-16-14-5-3-6-15(14)7-12-18-13-8-15/h14,16H,2-13H2,1H3. The molecule has 1 aliphatic heterocycles. The van der Waals surface area contributed by atoms with E-state index in [4.69, 9.17) is 9.47 Å². The molecule has 1 heterocycles. The SMILES string of the molecule is CCCOCCCNC1CCCC12CCOCC2. The number of ether oxygens (including phenoxy) is 2. The smallest absolute Gasteiger partial charge is 0.0478 e. The first-order valence-electron chi connectivity index (χ1n) is 7.76. The summed E-state index contributed by atoms with van der Waals surface area (Å²) >= 11 is 0. The summed E-state index contributed by atoms with van der Waals surface area (Å²) in [6.07, 6.45) is 8.94. The van der Waals surface area contributed by atoms with Crippen LogP contribution in [0.15, 0.2) is 0 Å². The Morgan fingerprint density at radius 3 is 2.83 bits per heavy atom. The molecule has 18 heavy (non-hydrogen) atoms. The molecule has 3 nitrogen and oxygen atoms in total. The van der Waals surface area contributed by atoms with Gasteiger partial charge in [-0.15, -0.1) is 0 Å². The lowest BCUT2D eigenvalue weighted by Gasteiger charge is -2.39. The van der Waals surface area contributed by atoms with E-state index in [2.05, 4.69) is 12.2 Å². The zero-order valence-electron chi connectivity index (χ0n) is 11.9. The summed E-state index contributed by atoms with van der Waals surface area (Å²) in [6.45, 7) is 7.02. The zero-order chi connectivity index (χ0) is 12.7. The molecule has 106 valence electrons. The number of hydrogen-bond acceptors (Lipinski definition) is 3. The van der Waals surface area contributed by atoms with Gasteiger partial charge in [0.05, 0.1) is 0 Å². The molecule has 0 aromatic rings. The maximum absolute atomic E-state index is 5.53. The van der Waals surface area contributed by atoms with Crippen LogP contribution in [-0.4, -0.2) is 39.0 Å². The van der Waals surface area contributed by atoms with Gasteiger partial charge in [0.2, 0.25) is 0 Å². The lowest BCUT2D eigenvalue weighted by atomic mass is 9.75. The summed E-state index contributed by atoms with van der Waals surface area (Å²) in [5.41, 5.74) is 0.558. The van der Waals surface area contributed by atoms with Crippen molar-refractivity contribution in [2.45, 2.75) is 57.9 Å². The molecule has 2 fully saturated rings. The Morgan fingerprint density at radius 2 is 2.06 bits per heavy atom. The molecule has 2 rings (SSSR count). The Kier molecular flexibility index (Phi) is 5.93. The van der Waals surface area contributed by atoms with Crippen LogP contribution in [0.5, 0.6) is 0 Å². The van der Waals surface area contributed by atoms with Crippen molar-refractivity contribution >= 4 is 0 Å². The lowest BCUT2D eigenvalue weighted by molar-refractivity contribution is 0.00409. The maximum atomic E-state index is 5.53. The van der Waals surface area contributed by atoms with Gasteiger partial charge in [0.25, 0.3) is 0 Å². The third kappa shape index (κ3) is 3.69. The molecule has 0 aromatic heterocycles. The highest BCUT2D eigenvalue weighted by Gasteiger charge is 2.43. The van der Waals surface area contributed by atoms with Gasteiger partial charge >= 0.3 is 0 Å². The van der Waals surface area contributed by atoms with Crippen LogP contribution in [0.2, 0.25) is 0 Å². The van der Waals surface area contributed by atoms with Crippen molar-refractivity contribution in [3.8, 4) is 0 Å². The van der Waals surface area contributed by atoms with Gasteiger partial charge in [0, 0.05) is 32.5 Å². The van der Waals surface area contributed by atoms with Crippen LogP contribution in [-0.2, 0) is 9.47 Å². The Balaban J connectivity index is 1.65. The number of rotatable bonds is 7. The fourth-order valence-electron chi connectivity index (χ4n) is 3.53. The second-order valence-corrected chi connectivity index (χ2v) is 5.84. The normalized spacial score (nSPS) is 26.8.